The first-order valence-electron chi connectivity index (χ1n) is 6.89. The Morgan fingerprint density at radius 2 is 1.78 bits per heavy atom. The normalized spacial score (nSPS) is 25.6. The molecule has 0 radical (unpaired) electrons. The van der Waals surface area contributed by atoms with Crippen LogP contribution < -0.4 is 0 Å². The minimum absolute atomic E-state index is 0.333. The summed E-state index contributed by atoms with van der Waals surface area (Å²) in [7, 11) is -2.77. The smallest absolute Gasteiger partial charge is 0.150 e. The zero-order valence-corrected chi connectivity index (χ0v) is 11.4. The van der Waals surface area contributed by atoms with Crippen LogP contribution in [0.25, 0.3) is 0 Å². The summed E-state index contributed by atoms with van der Waals surface area (Å²) in [4.78, 5) is 4.52. The van der Waals surface area contributed by atoms with Gasteiger partial charge in [0.2, 0.25) is 0 Å². The molecular formula is C13H20N2O2S. The SMILES string of the molecule is O=S1(=O)CCC(n2ccnc2C2CCCC2)CC1. The van der Waals surface area contributed by atoms with Gasteiger partial charge in [0.05, 0.1) is 11.5 Å². The molecule has 2 heterocycles. The van der Waals surface area contributed by atoms with Gasteiger partial charge in [-0.25, -0.2) is 13.4 Å². The molecule has 1 saturated carbocycles. The fraction of sp³-hybridized carbons (Fsp3) is 0.769. The van der Waals surface area contributed by atoms with Gasteiger partial charge in [-0.3, -0.25) is 0 Å². The van der Waals surface area contributed by atoms with Gasteiger partial charge in [0.15, 0.2) is 0 Å². The molecule has 0 aromatic carbocycles. The van der Waals surface area contributed by atoms with Gasteiger partial charge in [0.25, 0.3) is 0 Å². The molecule has 18 heavy (non-hydrogen) atoms. The van der Waals surface area contributed by atoms with Crippen LogP contribution in [0, 0.1) is 0 Å². The van der Waals surface area contributed by atoms with Crippen LogP contribution in [0.15, 0.2) is 12.4 Å². The monoisotopic (exact) mass is 268 g/mol. The van der Waals surface area contributed by atoms with E-state index in [2.05, 4.69) is 9.55 Å². The van der Waals surface area contributed by atoms with Crippen molar-refractivity contribution in [1.29, 1.82) is 0 Å². The summed E-state index contributed by atoms with van der Waals surface area (Å²) >= 11 is 0. The molecule has 0 spiro atoms. The average Bonchev–Trinajstić information content (AvgIpc) is 2.99. The van der Waals surface area contributed by atoms with E-state index in [9.17, 15) is 8.42 Å². The second kappa shape index (κ2) is 4.68. The predicted molar refractivity (Wildman–Crippen MR) is 70.4 cm³/mol. The topological polar surface area (TPSA) is 52.0 Å². The summed E-state index contributed by atoms with van der Waals surface area (Å²) in [5.74, 6) is 2.45. The largest absolute Gasteiger partial charge is 0.332 e. The van der Waals surface area contributed by atoms with E-state index in [0.717, 1.165) is 12.8 Å². The minimum Gasteiger partial charge on any atom is -0.332 e. The second-order valence-electron chi connectivity index (χ2n) is 5.56. The van der Waals surface area contributed by atoms with E-state index in [1.165, 1.54) is 31.5 Å². The first kappa shape index (κ1) is 12.2. The fourth-order valence-corrected chi connectivity index (χ4v) is 4.76. The molecule has 0 unspecified atom stereocenters. The van der Waals surface area contributed by atoms with E-state index >= 15 is 0 Å². The Morgan fingerprint density at radius 3 is 2.44 bits per heavy atom. The molecule has 4 nitrogen and oxygen atoms in total. The molecule has 3 rings (SSSR count). The number of rotatable bonds is 2. The molecule has 0 atom stereocenters. The standard InChI is InChI=1S/C13H20N2O2S/c16-18(17)9-5-12(6-10-18)15-8-7-14-13(15)11-3-1-2-4-11/h7-8,11-12H,1-6,9-10H2. The summed E-state index contributed by atoms with van der Waals surface area (Å²) in [6.07, 6.45) is 10.5. The zero-order valence-electron chi connectivity index (χ0n) is 10.6. The van der Waals surface area contributed by atoms with Crippen LogP contribution in [0.2, 0.25) is 0 Å². The molecule has 100 valence electrons. The van der Waals surface area contributed by atoms with Gasteiger partial charge in [-0.1, -0.05) is 12.8 Å². The van der Waals surface area contributed by atoms with E-state index in [4.69, 9.17) is 0 Å². The van der Waals surface area contributed by atoms with Gasteiger partial charge in [-0.05, 0) is 25.7 Å². The van der Waals surface area contributed by atoms with Crippen molar-refractivity contribution in [3.8, 4) is 0 Å². The van der Waals surface area contributed by atoms with Crippen LogP contribution in [-0.2, 0) is 9.84 Å². The maximum Gasteiger partial charge on any atom is 0.150 e. The van der Waals surface area contributed by atoms with Crippen LogP contribution in [0.5, 0.6) is 0 Å². The minimum atomic E-state index is -2.77. The van der Waals surface area contributed by atoms with Crippen molar-refractivity contribution in [3.05, 3.63) is 18.2 Å². The molecule has 2 aliphatic rings. The third-order valence-electron chi connectivity index (χ3n) is 4.34. The number of aromatic nitrogens is 2. The Labute approximate surface area is 108 Å². The lowest BCUT2D eigenvalue weighted by molar-refractivity contribution is 0.424. The van der Waals surface area contributed by atoms with E-state index < -0.39 is 9.84 Å². The molecule has 0 amide bonds. The molecule has 0 bridgehead atoms. The van der Waals surface area contributed by atoms with E-state index in [1.807, 2.05) is 12.4 Å². The van der Waals surface area contributed by atoms with Crippen LogP contribution in [0.3, 0.4) is 0 Å². The Hall–Kier alpha value is -0.840. The van der Waals surface area contributed by atoms with Crippen molar-refractivity contribution in [2.75, 3.05) is 11.5 Å². The first-order chi connectivity index (χ1) is 8.66. The second-order valence-corrected chi connectivity index (χ2v) is 7.86. The van der Waals surface area contributed by atoms with E-state index in [1.54, 1.807) is 0 Å². The number of hydrogen-bond donors (Lipinski definition) is 0. The highest BCUT2D eigenvalue weighted by molar-refractivity contribution is 7.91. The summed E-state index contributed by atoms with van der Waals surface area (Å²) in [6.45, 7) is 0. The summed E-state index contributed by atoms with van der Waals surface area (Å²) < 4.78 is 25.2. The number of hydrogen-bond acceptors (Lipinski definition) is 3. The number of imidazole rings is 1. The van der Waals surface area contributed by atoms with Crippen molar-refractivity contribution >= 4 is 9.84 Å². The van der Waals surface area contributed by atoms with Crippen LogP contribution in [-0.4, -0.2) is 29.5 Å². The van der Waals surface area contributed by atoms with Gasteiger partial charge in [0, 0.05) is 24.4 Å². The highest BCUT2D eigenvalue weighted by Crippen LogP contribution is 2.35. The highest BCUT2D eigenvalue weighted by atomic mass is 32.2. The Balaban J connectivity index is 1.78. The highest BCUT2D eigenvalue weighted by Gasteiger charge is 2.28. The van der Waals surface area contributed by atoms with E-state index in [-0.39, 0.29) is 0 Å². The van der Waals surface area contributed by atoms with Crippen molar-refractivity contribution in [2.45, 2.75) is 50.5 Å². The van der Waals surface area contributed by atoms with Crippen molar-refractivity contribution in [2.24, 2.45) is 0 Å². The van der Waals surface area contributed by atoms with Crippen LogP contribution in [0.4, 0.5) is 0 Å². The van der Waals surface area contributed by atoms with Crippen LogP contribution >= 0.6 is 0 Å². The van der Waals surface area contributed by atoms with Crippen molar-refractivity contribution in [3.63, 3.8) is 0 Å². The molecule has 1 aromatic heterocycles. The maximum atomic E-state index is 11.5. The van der Waals surface area contributed by atoms with Crippen molar-refractivity contribution in [1.82, 2.24) is 9.55 Å². The lowest BCUT2D eigenvalue weighted by Crippen LogP contribution is -2.26. The quantitative estimate of drug-likeness (QED) is 0.827. The molecule has 1 aliphatic heterocycles. The lowest BCUT2D eigenvalue weighted by Gasteiger charge is -2.26. The molecule has 1 saturated heterocycles. The summed E-state index contributed by atoms with van der Waals surface area (Å²) in [6, 6.07) is 0.339. The van der Waals surface area contributed by atoms with Gasteiger partial charge < -0.3 is 4.57 Å². The fourth-order valence-electron chi connectivity index (χ4n) is 3.29. The zero-order chi connectivity index (χ0) is 12.6. The van der Waals surface area contributed by atoms with Crippen molar-refractivity contribution < 1.29 is 8.42 Å². The third-order valence-corrected chi connectivity index (χ3v) is 6.05. The molecule has 2 fully saturated rings. The molecule has 0 N–H and O–H groups in total. The number of sulfone groups is 1. The van der Waals surface area contributed by atoms with E-state index in [0.29, 0.717) is 23.5 Å². The molecular weight excluding hydrogens is 248 g/mol. The molecule has 1 aromatic rings. The average molecular weight is 268 g/mol. The van der Waals surface area contributed by atoms with Gasteiger partial charge in [0.1, 0.15) is 15.7 Å². The summed E-state index contributed by atoms with van der Waals surface area (Å²) in [5, 5.41) is 0. The predicted octanol–water partition coefficient (Wildman–Crippen LogP) is 2.29. The lowest BCUT2D eigenvalue weighted by atomic mass is 10.1. The Bertz CT molecular complexity index is 501. The number of nitrogens with zero attached hydrogens (tertiary/aromatic N) is 2. The Kier molecular flexibility index (Phi) is 3.18. The van der Waals surface area contributed by atoms with Gasteiger partial charge >= 0.3 is 0 Å². The van der Waals surface area contributed by atoms with Gasteiger partial charge in [-0.15, -0.1) is 0 Å². The molecule has 1 aliphatic carbocycles. The maximum absolute atomic E-state index is 11.5. The molecule has 5 heteroatoms. The first-order valence-corrected chi connectivity index (χ1v) is 8.71. The Morgan fingerprint density at radius 1 is 1.11 bits per heavy atom. The summed E-state index contributed by atoms with van der Waals surface area (Å²) in [5.41, 5.74) is 0. The van der Waals surface area contributed by atoms with Gasteiger partial charge in [-0.2, -0.15) is 0 Å². The van der Waals surface area contributed by atoms with Crippen LogP contribution in [0.1, 0.15) is 56.3 Å². The third kappa shape index (κ3) is 2.32.